The van der Waals surface area contributed by atoms with E-state index in [4.69, 9.17) is 4.84 Å². The van der Waals surface area contributed by atoms with Gasteiger partial charge in [0.15, 0.2) is 0 Å². The van der Waals surface area contributed by atoms with Gasteiger partial charge >= 0.3 is 0 Å². The number of para-hydroxylation sites is 1. The Morgan fingerprint density at radius 3 is 2.82 bits per heavy atom. The summed E-state index contributed by atoms with van der Waals surface area (Å²) < 4.78 is 0. The number of carbonyl (C=O) groups excluding carboxylic acids is 1. The quantitative estimate of drug-likeness (QED) is 0.863. The molecule has 1 aromatic heterocycles. The Labute approximate surface area is 139 Å². The average Bonchev–Trinajstić information content (AvgIpc) is 2.95. The van der Waals surface area contributed by atoms with Crippen molar-refractivity contribution in [1.29, 1.82) is 0 Å². The SMILES string of the molecule is Br.C[C@H]1CN(C(=O)c2ccccc2-n2nccn2)CCNO1. The lowest BCUT2D eigenvalue weighted by molar-refractivity contribution is -0.00474. The van der Waals surface area contributed by atoms with Gasteiger partial charge in [0, 0.05) is 19.6 Å². The molecule has 0 saturated carbocycles. The molecule has 0 bridgehead atoms. The van der Waals surface area contributed by atoms with E-state index >= 15 is 0 Å². The van der Waals surface area contributed by atoms with Gasteiger partial charge in [-0.1, -0.05) is 12.1 Å². The van der Waals surface area contributed by atoms with Gasteiger partial charge < -0.3 is 4.90 Å². The van der Waals surface area contributed by atoms with Crippen LogP contribution in [-0.2, 0) is 4.84 Å². The van der Waals surface area contributed by atoms with Crippen molar-refractivity contribution in [3.05, 3.63) is 42.2 Å². The second-order valence-corrected chi connectivity index (χ2v) is 4.91. The third kappa shape index (κ3) is 3.52. The maximum atomic E-state index is 12.8. The van der Waals surface area contributed by atoms with Crippen molar-refractivity contribution in [1.82, 2.24) is 25.4 Å². The first-order valence-electron chi connectivity index (χ1n) is 6.89. The second-order valence-electron chi connectivity index (χ2n) is 4.91. The zero-order valence-corrected chi connectivity index (χ0v) is 13.9. The summed E-state index contributed by atoms with van der Waals surface area (Å²) in [6.45, 7) is 3.69. The van der Waals surface area contributed by atoms with Crippen LogP contribution in [0.1, 0.15) is 17.3 Å². The molecule has 0 unspecified atom stereocenters. The van der Waals surface area contributed by atoms with Crippen LogP contribution in [0.25, 0.3) is 5.69 Å². The van der Waals surface area contributed by atoms with Gasteiger partial charge in [-0.25, -0.2) is 5.48 Å². The summed E-state index contributed by atoms with van der Waals surface area (Å²) in [4.78, 5) is 21.4. The molecule has 0 aliphatic carbocycles. The van der Waals surface area contributed by atoms with Crippen LogP contribution < -0.4 is 5.48 Å². The highest BCUT2D eigenvalue weighted by Crippen LogP contribution is 2.16. The summed E-state index contributed by atoms with van der Waals surface area (Å²) in [7, 11) is 0. The molecule has 1 N–H and O–H groups in total. The summed E-state index contributed by atoms with van der Waals surface area (Å²) in [5, 5.41) is 8.21. The van der Waals surface area contributed by atoms with Crippen LogP contribution in [0.15, 0.2) is 36.7 Å². The minimum Gasteiger partial charge on any atom is -0.335 e. The van der Waals surface area contributed by atoms with Gasteiger partial charge in [-0.05, 0) is 19.1 Å². The first kappa shape index (κ1) is 16.6. The minimum atomic E-state index is -0.0496. The number of nitrogens with one attached hydrogen (secondary N) is 1. The predicted molar refractivity (Wildman–Crippen MR) is 86.1 cm³/mol. The number of carbonyl (C=O) groups is 1. The van der Waals surface area contributed by atoms with E-state index in [0.29, 0.717) is 30.9 Å². The normalized spacial score (nSPS) is 18.4. The molecule has 2 aromatic rings. The molecular weight excluding hydrogens is 350 g/mol. The van der Waals surface area contributed by atoms with Crippen LogP contribution in [0.4, 0.5) is 0 Å². The van der Waals surface area contributed by atoms with Crippen molar-refractivity contribution < 1.29 is 9.63 Å². The van der Waals surface area contributed by atoms with Gasteiger partial charge in [-0.2, -0.15) is 15.0 Å². The predicted octanol–water partition coefficient (Wildman–Crippen LogP) is 1.21. The molecular formula is C14H18BrN5O2. The maximum absolute atomic E-state index is 12.8. The Morgan fingerprint density at radius 2 is 2.05 bits per heavy atom. The van der Waals surface area contributed by atoms with Crippen LogP contribution in [0.5, 0.6) is 0 Å². The summed E-state index contributed by atoms with van der Waals surface area (Å²) in [6, 6.07) is 7.34. The lowest BCUT2D eigenvalue weighted by Gasteiger charge is -2.22. The lowest BCUT2D eigenvalue weighted by Crippen LogP contribution is -2.37. The van der Waals surface area contributed by atoms with Gasteiger partial charge in [0.1, 0.15) is 0 Å². The Hall–Kier alpha value is -1.77. The molecule has 1 aliphatic rings. The number of aromatic nitrogens is 3. The number of benzene rings is 1. The maximum Gasteiger partial charge on any atom is 0.256 e. The fraction of sp³-hybridized carbons (Fsp3) is 0.357. The van der Waals surface area contributed by atoms with Crippen LogP contribution in [0.3, 0.4) is 0 Å². The van der Waals surface area contributed by atoms with E-state index in [0.717, 1.165) is 0 Å². The smallest absolute Gasteiger partial charge is 0.256 e. The van der Waals surface area contributed by atoms with Gasteiger partial charge in [0.2, 0.25) is 0 Å². The third-order valence-electron chi connectivity index (χ3n) is 3.30. The summed E-state index contributed by atoms with van der Waals surface area (Å²) in [5.74, 6) is -0.0398. The number of rotatable bonds is 2. The van der Waals surface area contributed by atoms with E-state index in [1.54, 1.807) is 23.4 Å². The van der Waals surface area contributed by atoms with Gasteiger partial charge in [0.25, 0.3) is 5.91 Å². The van der Waals surface area contributed by atoms with Crippen molar-refractivity contribution in [2.45, 2.75) is 13.0 Å². The molecule has 22 heavy (non-hydrogen) atoms. The standard InChI is InChI=1S/C14H17N5O2.BrH/c1-11-10-18(9-8-17-21-11)14(20)12-4-2-3-5-13(12)19-15-6-7-16-19;/h2-7,11,17H,8-10H2,1H3;1H/t11-;/m0./s1. The molecule has 7 nitrogen and oxygen atoms in total. The van der Waals surface area contributed by atoms with Crippen molar-refractivity contribution in [3.8, 4) is 5.69 Å². The molecule has 1 aliphatic heterocycles. The highest BCUT2D eigenvalue weighted by molar-refractivity contribution is 8.93. The Morgan fingerprint density at radius 1 is 1.32 bits per heavy atom. The van der Waals surface area contributed by atoms with Crippen LogP contribution in [-0.4, -0.2) is 51.5 Å². The van der Waals surface area contributed by atoms with E-state index in [1.165, 1.54) is 4.80 Å². The first-order chi connectivity index (χ1) is 10.3. The fourth-order valence-corrected chi connectivity index (χ4v) is 2.34. The monoisotopic (exact) mass is 367 g/mol. The van der Waals surface area contributed by atoms with E-state index in [2.05, 4.69) is 15.7 Å². The summed E-state index contributed by atoms with van der Waals surface area (Å²) in [5.41, 5.74) is 4.12. The zero-order valence-electron chi connectivity index (χ0n) is 12.2. The van der Waals surface area contributed by atoms with Crippen LogP contribution >= 0.6 is 17.0 Å². The number of halogens is 1. The fourth-order valence-electron chi connectivity index (χ4n) is 2.34. The zero-order chi connectivity index (χ0) is 14.7. The molecule has 0 spiro atoms. The van der Waals surface area contributed by atoms with Crippen molar-refractivity contribution >= 4 is 22.9 Å². The number of hydrogen-bond donors (Lipinski definition) is 1. The Bertz CT molecular complexity index is 619. The Balaban J connectivity index is 0.00000176. The minimum absolute atomic E-state index is 0. The molecule has 1 atom stereocenters. The van der Waals surface area contributed by atoms with Crippen LogP contribution in [0.2, 0.25) is 0 Å². The van der Waals surface area contributed by atoms with Crippen molar-refractivity contribution in [3.63, 3.8) is 0 Å². The molecule has 118 valence electrons. The molecule has 1 amide bonds. The van der Waals surface area contributed by atoms with E-state index in [-0.39, 0.29) is 29.0 Å². The topological polar surface area (TPSA) is 72.3 Å². The summed E-state index contributed by atoms with van der Waals surface area (Å²) >= 11 is 0. The lowest BCUT2D eigenvalue weighted by atomic mass is 10.1. The molecule has 1 saturated heterocycles. The van der Waals surface area contributed by atoms with Crippen LogP contribution in [0, 0.1) is 0 Å². The largest absolute Gasteiger partial charge is 0.335 e. The number of amides is 1. The van der Waals surface area contributed by atoms with E-state index < -0.39 is 0 Å². The van der Waals surface area contributed by atoms with Gasteiger partial charge in [-0.15, -0.1) is 17.0 Å². The molecule has 1 fully saturated rings. The second kappa shape index (κ2) is 7.48. The number of hydroxylamine groups is 1. The van der Waals surface area contributed by atoms with Crippen molar-refractivity contribution in [2.24, 2.45) is 0 Å². The highest BCUT2D eigenvalue weighted by Gasteiger charge is 2.23. The van der Waals surface area contributed by atoms with Gasteiger partial charge in [-0.3, -0.25) is 9.63 Å². The van der Waals surface area contributed by atoms with E-state index in [9.17, 15) is 4.79 Å². The highest BCUT2D eigenvalue weighted by atomic mass is 79.9. The first-order valence-corrected chi connectivity index (χ1v) is 6.89. The van der Waals surface area contributed by atoms with E-state index in [1.807, 2.05) is 25.1 Å². The molecule has 3 rings (SSSR count). The summed E-state index contributed by atoms with van der Waals surface area (Å²) in [6.07, 6.45) is 3.13. The molecule has 8 heteroatoms. The number of nitrogens with zero attached hydrogens (tertiary/aromatic N) is 4. The molecule has 2 heterocycles. The number of hydrogen-bond acceptors (Lipinski definition) is 5. The average molecular weight is 368 g/mol. The molecule has 1 aromatic carbocycles. The molecule has 0 radical (unpaired) electrons. The van der Waals surface area contributed by atoms with Gasteiger partial charge in [0.05, 0.1) is 29.7 Å². The van der Waals surface area contributed by atoms with Crippen molar-refractivity contribution in [2.75, 3.05) is 19.6 Å². The Kier molecular flexibility index (Phi) is 5.64. The third-order valence-corrected chi connectivity index (χ3v) is 3.30.